The van der Waals surface area contributed by atoms with E-state index in [9.17, 15) is 14.9 Å². The average Bonchev–Trinajstić information content (AvgIpc) is 2.32. The second-order valence-corrected chi connectivity index (χ2v) is 3.78. The highest BCUT2D eigenvalue weighted by Crippen LogP contribution is 2.25. The van der Waals surface area contributed by atoms with Gasteiger partial charge in [-0.15, -0.1) is 0 Å². The number of aromatic nitrogens is 1. The molecule has 92 valence electrons. The summed E-state index contributed by atoms with van der Waals surface area (Å²) in [6.07, 6.45) is 0. The second kappa shape index (κ2) is 4.70. The fraction of sp³-hybridized carbons (Fsp3) is 0.0833. The van der Waals surface area contributed by atoms with Crippen molar-refractivity contribution in [2.45, 2.75) is 6.92 Å². The van der Waals surface area contributed by atoms with Gasteiger partial charge in [-0.2, -0.15) is 0 Å². The number of rotatable bonds is 3. The SMILES string of the molecule is Cc1ccccc1Nc1[nH]c(=O)ccc1[N+](=O)[O-]. The number of aryl methyl sites for hydroxylation is 1. The summed E-state index contributed by atoms with van der Waals surface area (Å²) >= 11 is 0. The third-order valence-electron chi connectivity index (χ3n) is 2.50. The van der Waals surface area contributed by atoms with Crippen molar-refractivity contribution in [1.82, 2.24) is 4.98 Å². The molecule has 0 aliphatic rings. The zero-order chi connectivity index (χ0) is 13.1. The number of anilines is 2. The molecule has 1 aromatic heterocycles. The molecular weight excluding hydrogens is 234 g/mol. The summed E-state index contributed by atoms with van der Waals surface area (Å²) in [5.74, 6) is 0.0850. The van der Waals surface area contributed by atoms with Crippen molar-refractivity contribution in [2.24, 2.45) is 0 Å². The minimum atomic E-state index is -0.545. The first-order valence-electron chi connectivity index (χ1n) is 5.28. The quantitative estimate of drug-likeness (QED) is 0.641. The summed E-state index contributed by atoms with van der Waals surface area (Å²) in [5, 5.41) is 13.7. The Morgan fingerprint density at radius 1 is 1.22 bits per heavy atom. The topological polar surface area (TPSA) is 88.0 Å². The number of nitrogens with zero attached hydrogens (tertiary/aromatic N) is 1. The molecule has 6 nitrogen and oxygen atoms in total. The maximum Gasteiger partial charge on any atom is 0.309 e. The average molecular weight is 245 g/mol. The Hall–Kier alpha value is -2.63. The Bertz CT molecular complexity index is 649. The minimum absolute atomic E-state index is 0.0850. The standard InChI is InChI=1S/C12H11N3O3/c1-8-4-2-3-5-9(8)13-12-10(15(17)18)6-7-11(16)14-12/h2-7H,1H3,(H2,13,14,16). The lowest BCUT2D eigenvalue weighted by atomic mass is 10.2. The minimum Gasteiger partial charge on any atom is -0.336 e. The van der Waals surface area contributed by atoms with Crippen LogP contribution in [-0.4, -0.2) is 9.91 Å². The molecule has 0 radical (unpaired) electrons. The number of benzene rings is 1. The van der Waals surface area contributed by atoms with E-state index in [1.54, 1.807) is 6.07 Å². The summed E-state index contributed by atoms with van der Waals surface area (Å²) < 4.78 is 0. The molecule has 0 bridgehead atoms. The normalized spacial score (nSPS) is 10.1. The van der Waals surface area contributed by atoms with E-state index in [1.165, 1.54) is 6.07 Å². The van der Waals surface area contributed by atoms with Gasteiger partial charge in [0.25, 0.3) is 0 Å². The summed E-state index contributed by atoms with van der Waals surface area (Å²) in [6.45, 7) is 1.87. The number of pyridine rings is 1. The first-order chi connectivity index (χ1) is 8.58. The van der Waals surface area contributed by atoms with Crippen molar-refractivity contribution in [2.75, 3.05) is 5.32 Å². The van der Waals surface area contributed by atoms with Crippen LogP contribution in [0.4, 0.5) is 17.2 Å². The highest BCUT2D eigenvalue weighted by molar-refractivity contribution is 5.67. The summed E-state index contributed by atoms with van der Waals surface area (Å²) in [6, 6.07) is 9.63. The molecule has 0 fully saturated rings. The van der Waals surface area contributed by atoms with Crippen LogP contribution in [0, 0.1) is 17.0 Å². The van der Waals surface area contributed by atoms with Gasteiger partial charge in [0.1, 0.15) is 0 Å². The molecule has 1 heterocycles. The number of hydrogen-bond donors (Lipinski definition) is 2. The van der Waals surface area contributed by atoms with Gasteiger partial charge in [-0.3, -0.25) is 14.9 Å². The fourth-order valence-electron chi connectivity index (χ4n) is 1.56. The van der Waals surface area contributed by atoms with E-state index < -0.39 is 10.5 Å². The van der Waals surface area contributed by atoms with Crippen molar-refractivity contribution in [3.05, 3.63) is 62.4 Å². The number of hydrogen-bond acceptors (Lipinski definition) is 4. The van der Waals surface area contributed by atoms with Gasteiger partial charge in [0.2, 0.25) is 5.56 Å². The molecule has 0 unspecified atom stereocenters. The van der Waals surface area contributed by atoms with Crippen LogP contribution in [-0.2, 0) is 0 Å². The molecule has 2 aromatic rings. The molecule has 6 heteroatoms. The third-order valence-corrected chi connectivity index (χ3v) is 2.50. The Kier molecular flexibility index (Phi) is 3.09. The van der Waals surface area contributed by atoms with Crippen molar-refractivity contribution < 1.29 is 4.92 Å². The highest BCUT2D eigenvalue weighted by atomic mass is 16.6. The van der Waals surface area contributed by atoms with Crippen LogP contribution in [0.5, 0.6) is 0 Å². The largest absolute Gasteiger partial charge is 0.336 e. The van der Waals surface area contributed by atoms with Crippen molar-refractivity contribution >= 4 is 17.2 Å². The van der Waals surface area contributed by atoms with Crippen LogP contribution in [0.3, 0.4) is 0 Å². The van der Waals surface area contributed by atoms with E-state index in [-0.39, 0.29) is 11.5 Å². The molecule has 2 rings (SSSR count). The maximum absolute atomic E-state index is 11.2. The van der Waals surface area contributed by atoms with Gasteiger partial charge in [-0.25, -0.2) is 0 Å². The highest BCUT2D eigenvalue weighted by Gasteiger charge is 2.14. The van der Waals surface area contributed by atoms with E-state index in [4.69, 9.17) is 0 Å². The molecule has 18 heavy (non-hydrogen) atoms. The molecule has 0 saturated heterocycles. The van der Waals surface area contributed by atoms with Crippen molar-refractivity contribution in [3.63, 3.8) is 0 Å². The third kappa shape index (κ3) is 2.37. The predicted molar refractivity (Wildman–Crippen MR) is 68.2 cm³/mol. The molecule has 1 aromatic carbocycles. The van der Waals surface area contributed by atoms with E-state index >= 15 is 0 Å². The molecule has 0 aliphatic carbocycles. The first-order valence-corrected chi connectivity index (χ1v) is 5.28. The van der Waals surface area contributed by atoms with Crippen molar-refractivity contribution in [1.29, 1.82) is 0 Å². The van der Waals surface area contributed by atoms with Crippen LogP contribution in [0.25, 0.3) is 0 Å². The molecule has 0 atom stereocenters. The van der Waals surface area contributed by atoms with Gasteiger partial charge in [0.15, 0.2) is 5.82 Å². The van der Waals surface area contributed by atoms with Gasteiger partial charge in [0.05, 0.1) is 4.92 Å². The molecule has 0 spiro atoms. The lowest BCUT2D eigenvalue weighted by molar-refractivity contribution is -0.384. The summed E-state index contributed by atoms with van der Waals surface area (Å²) in [4.78, 5) is 24.0. The molecule has 2 N–H and O–H groups in total. The van der Waals surface area contributed by atoms with Crippen molar-refractivity contribution in [3.8, 4) is 0 Å². The fourth-order valence-corrected chi connectivity index (χ4v) is 1.56. The van der Waals surface area contributed by atoms with Crippen LogP contribution in [0.2, 0.25) is 0 Å². The van der Waals surface area contributed by atoms with Crippen LogP contribution in [0.1, 0.15) is 5.56 Å². The molecule has 0 aliphatic heterocycles. The molecule has 0 saturated carbocycles. The number of H-pyrrole nitrogens is 1. The zero-order valence-electron chi connectivity index (χ0n) is 9.64. The molecule has 0 amide bonds. The monoisotopic (exact) mass is 245 g/mol. The number of aromatic amines is 1. The van der Waals surface area contributed by atoms with E-state index in [0.717, 1.165) is 11.6 Å². The van der Waals surface area contributed by atoms with Crippen LogP contribution in [0.15, 0.2) is 41.2 Å². The van der Waals surface area contributed by atoms with E-state index in [0.29, 0.717) is 5.69 Å². The summed E-state index contributed by atoms with van der Waals surface area (Å²) in [5.41, 5.74) is 1.08. The maximum atomic E-state index is 11.2. The predicted octanol–water partition coefficient (Wildman–Crippen LogP) is 2.34. The Morgan fingerprint density at radius 2 is 1.94 bits per heavy atom. The van der Waals surface area contributed by atoms with Gasteiger partial charge >= 0.3 is 5.69 Å². The first kappa shape index (κ1) is 11.8. The Balaban J connectivity index is 2.46. The lowest BCUT2D eigenvalue weighted by Gasteiger charge is -2.08. The Labute approximate surface area is 102 Å². The van der Waals surface area contributed by atoms with Gasteiger partial charge in [0, 0.05) is 17.8 Å². The van der Waals surface area contributed by atoms with Crippen LogP contribution < -0.4 is 10.9 Å². The molecular formula is C12H11N3O3. The van der Waals surface area contributed by atoms with E-state index in [2.05, 4.69) is 10.3 Å². The lowest BCUT2D eigenvalue weighted by Crippen LogP contribution is -2.09. The summed E-state index contributed by atoms with van der Waals surface area (Å²) in [7, 11) is 0. The number of nitrogens with one attached hydrogen (secondary N) is 2. The van der Waals surface area contributed by atoms with Gasteiger partial charge in [-0.05, 0) is 18.6 Å². The second-order valence-electron chi connectivity index (χ2n) is 3.78. The Morgan fingerprint density at radius 3 is 2.61 bits per heavy atom. The van der Waals surface area contributed by atoms with Crippen LogP contribution >= 0.6 is 0 Å². The van der Waals surface area contributed by atoms with Gasteiger partial charge in [-0.1, -0.05) is 18.2 Å². The zero-order valence-corrected chi connectivity index (χ0v) is 9.64. The van der Waals surface area contributed by atoms with E-state index in [1.807, 2.05) is 25.1 Å². The number of nitro groups is 1. The number of para-hydroxylation sites is 1. The smallest absolute Gasteiger partial charge is 0.309 e. The van der Waals surface area contributed by atoms with Gasteiger partial charge < -0.3 is 10.3 Å².